The van der Waals surface area contributed by atoms with Gasteiger partial charge in [0.15, 0.2) is 0 Å². The van der Waals surface area contributed by atoms with Crippen molar-refractivity contribution in [1.82, 2.24) is 19.8 Å². The second-order valence-corrected chi connectivity index (χ2v) is 10.4. The van der Waals surface area contributed by atoms with Crippen molar-refractivity contribution in [2.45, 2.75) is 32.2 Å². The zero-order valence-corrected chi connectivity index (χ0v) is 21.0. The highest BCUT2D eigenvalue weighted by Crippen LogP contribution is 2.39. The van der Waals surface area contributed by atoms with E-state index in [0.717, 1.165) is 56.9 Å². The standard InChI is InChI=1S/C28H27BrN4O2/c29-18-9-10-24-20(15-18)22(17-33(24)14-6-13-32-11-4-1-5-12-32)26-25(27(34)31-28(26)35)21-16-30-23-8-3-2-7-19(21)23/h2-3,7-10,15-17,30H,1,4-6,11-14H2,(H,31,34,35). The zero-order chi connectivity index (χ0) is 23.9. The van der Waals surface area contributed by atoms with Gasteiger partial charge in [-0.2, -0.15) is 0 Å². The molecule has 1 saturated heterocycles. The number of carbonyl (C=O) groups excluding carboxylic acids is 2. The molecule has 0 saturated carbocycles. The molecule has 1 fully saturated rings. The maximum atomic E-state index is 13.2. The van der Waals surface area contributed by atoms with E-state index in [4.69, 9.17) is 0 Å². The lowest BCUT2D eigenvalue weighted by molar-refractivity contribution is -0.122. The molecule has 2 N–H and O–H groups in total. The molecule has 4 aromatic rings. The van der Waals surface area contributed by atoms with Crippen molar-refractivity contribution in [3.63, 3.8) is 0 Å². The van der Waals surface area contributed by atoms with Gasteiger partial charge < -0.3 is 14.5 Å². The van der Waals surface area contributed by atoms with Crippen molar-refractivity contribution in [3.05, 3.63) is 70.5 Å². The van der Waals surface area contributed by atoms with E-state index in [1.165, 1.54) is 32.4 Å². The van der Waals surface area contributed by atoms with Crippen LogP contribution in [0.2, 0.25) is 0 Å². The smallest absolute Gasteiger partial charge is 0.259 e. The number of rotatable bonds is 6. The maximum Gasteiger partial charge on any atom is 0.259 e. The number of hydrogen-bond donors (Lipinski definition) is 2. The quantitative estimate of drug-likeness (QED) is 0.331. The SMILES string of the molecule is O=C1NC(=O)C(c2cn(CCCN3CCCCC3)c3ccc(Br)cc23)=C1c1c[nH]c2ccccc12. The molecule has 2 aliphatic heterocycles. The largest absolute Gasteiger partial charge is 0.361 e. The van der Waals surface area contributed by atoms with Gasteiger partial charge in [0.2, 0.25) is 0 Å². The third-order valence-electron chi connectivity index (χ3n) is 7.22. The molecule has 35 heavy (non-hydrogen) atoms. The summed E-state index contributed by atoms with van der Waals surface area (Å²) >= 11 is 3.60. The van der Waals surface area contributed by atoms with Crippen LogP contribution in [0, 0.1) is 0 Å². The molecule has 178 valence electrons. The molecule has 4 heterocycles. The summed E-state index contributed by atoms with van der Waals surface area (Å²) in [6.45, 7) is 4.31. The number of carbonyl (C=O) groups is 2. The predicted molar refractivity (Wildman–Crippen MR) is 143 cm³/mol. The topological polar surface area (TPSA) is 70.1 Å². The first-order valence-corrected chi connectivity index (χ1v) is 13.1. The minimum Gasteiger partial charge on any atom is -0.361 e. The first kappa shape index (κ1) is 22.3. The Morgan fingerprint density at radius 1 is 0.857 bits per heavy atom. The van der Waals surface area contributed by atoms with Crippen molar-refractivity contribution in [1.29, 1.82) is 0 Å². The molecule has 0 radical (unpaired) electrons. The van der Waals surface area contributed by atoms with Gasteiger partial charge in [0.05, 0.1) is 11.1 Å². The Bertz CT molecular complexity index is 1490. The van der Waals surface area contributed by atoms with Crippen LogP contribution in [-0.4, -0.2) is 45.9 Å². The summed E-state index contributed by atoms with van der Waals surface area (Å²) in [7, 11) is 0. The Morgan fingerprint density at radius 2 is 1.63 bits per heavy atom. The molecule has 6 nitrogen and oxygen atoms in total. The highest BCUT2D eigenvalue weighted by Gasteiger charge is 2.35. The predicted octanol–water partition coefficient (Wildman–Crippen LogP) is 5.33. The van der Waals surface area contributed by atoms with Crippen molar-refractivity contribution in [3.8, 4) is 0 Å². The van der Waals surface area contributed by atoms with Crippen molar-refractivity contribution >= 4 is 60.7 Å². The number of nitrogens with zero attached hydrogens (tertiary/aromatic N) is 2. The second kappa shape index (κ2) is 9.13. The molecule has 2 aromatic carbocycles. The van der Waals surface area contributed by atoms with Crippen LogP contribution >= 0.6 is 15.9 Å². The zero-order valence-electron chi connectivity index (χ0n) is 19.4. The molecule has 0 bridgehead atoms. The number of hydrogen-bond acceptors (Lipinski definition) is 3. The van der Waals surface area contributed by atoms with Gasteiger partial charge in [-0.25, -0.2) is 0 Å². The molecule has 2 aliphatic rings. The first-order chi connectivity index (χ1) is 17.1. The number of para-hydroxylation sites is 1. The number of benzene rings is 2. The Morgan fingerprint density at radius 3 is 2.46 bits per heavy atom. The summed E-state index contributed by atoms with van der Waals surface area (Å²) in [5.41, 5.74) is 4.42. The number of imide groups is 1. The highest BCUT2D eigenvalue weighted by atomic mass is 79.9. The average Bonchev–Trinajstić information content (AvgIpc) is 3.52. The molecule has 2 amide bonds. The van der Waals surface area contributed by atoms with Gasteiger partial charge in [-0.3, -0.25) is 14.9 Å². The van der Waals surface area contributed by atoms with Gasteiger partial charge in [-0.1, -0.05) is 40.5 Å². The fourth-order valence-electron chi connectivity index (χ4n) is 5.55. The molecule has 0 aliphatic carbocycles. The van der Waals surface area contributed by atoms with Crippen LogP contribution in [0.15, 0.2) is 59.3 Å². The van der Waals surface area contributed by atoms with E-state index >= 15 is 0 Å². The fourth-order valence-corrected chi connectivity index (χ4v) is 5.91. The van der Waals surface area contributed by atoms with E-state index in [1.54, 1.807) is 0 Å². The average molecular weight is 531 g/mol. The number of fused-ring (bicyclic) bond motifs is 2. The number of piperidine rings is 1. The van der Waals surface area contributed by atoms with Gasteiger partial charge >= 0.3 is 0 Å². The fraction of sp³-hybridized carbons (Fsp3) is 0.286. The maximum absolute atomic E-state index is 13.2. The van der Waals surface area contributed by atoms with E-state index < -0.39 is 0 Å². The molecule has 0 spiro atoms. The van der Waals surface area contributed by atoms with Crippen LogP contribution in [0.4, 0.5) is 0 Å². The van der Waals surface area contributed by atoms with Crippen molar-refractivity contribution in [2.75, 3.05) is 19.6 Å². The van der Waals surface area contributed by atoms with Gasteiger partial charge in [0.1, 0.15) is 0 Å². The number of aromatic amines is 1. The van der Waals surface area contributed by atoms with Gasteiger partial charge in [0.25, 0.3) is 11.8 Å². The lowest BCUT2D eigenvalue weighted by atomic mass is 9.95. The Hall–Kier alpha value is -3.16. The molecular formula is C28H27BrN4O2. The number of H-pyrrole nitrogens is 1. The van der Waals surface area contributed by atoms with E-state index in [0.29, 0.717) is 11.1 Å². The molecular weight excluding hydrogens is 504 g/mol. The van der Waals surface area contributed by atoms with E-state index in [1.807, 2.05) is 42.6 Å². The summed E-state index contributed by atoms with van der Waals surface area (Å²) in [6, 6.07) is 14.0. The highest BCUT2D eigenvalue weighted by molar-refractivity contribution is 9.10. The summed E-state index contributed by atoms with van der Waals surface area (Å²) in [4.78, 5) is 32.0. The first-order valence-electron chi connectivity index (χ1n) is 12.3. The second-order valence-electron chi connectivity index (χ2n) is 9.43. The Kier molecular flexibility index (Phi) is 5.82. The molecule has 0 atom stereocenters. The van der Waals surface area contributed by atoms with Gasteiger partial charge in [-0.15, -0.1) is 0 Å². The summed E-state index contributed by atoms with van der Waals surface area (Å²) in [5, 5.41) is 4.44. The van der Waals surface area contributed by atoms with Crippen molar-refractivity contribution < 1.29 is 9.59 Å². The Balaban J connectivity index is 1.44. The minimum absolute atomic E-state index is 0.345. The normalized spacial score (nSPS) is 17.2. The number of likely N-dealkylation sites (tertiary alicyclic amines) is 1. The third kappa shape index (κ3) is 4.02. The minimum atomic E-state index is -0.351. The number of aryl methyl sites for hydroxylation is 1. The van der Waals surface area contributed by atoms with Gasteiger partial charge in [-0.05, 0) is 63.2 Å². The van der Waals surface area contributed by atoms with Crippen LogP contribution < -0.4 is 5.32 Å². The number of halogens is 1. The van der Waals surface area contributed by atoms with Gasteiger partial charge in [0, 0.05) is 56.3 Å². The lowest BCUT2D eigenvalue weighted by Crippen LogP contribution is -2.31. The summed E-state index contributed by atoms with van der Waals surface area (Å²) < 4.78 is 3.17. The summed E-state index contributed by atoms with van der Waals surface area (Å²) in [6.07, 6.45) is 8.84. The molecule has 7 heteroatoms. The van der Waals surface area contributed by atoms with Crippen LogP contribution in [-0.2, 0) is 16.1 Å². The number of nitrogens with one attached hydrogen (secondary N) is 2. The summed E-state index contributed by atoms with van der Waals surface area (Å²) in [5.74, 6) is -0.696. The molecule has 0 unspecified atom stereocenters. The number of amides is 2. The van der Waals surface area contributed by atoms with E-state index in [-0.39, 0.29) is 11.8 Å². The third-order valence-corrected chi connectivity index (χ3v) is 7.72. The van der Waals surface area contributed by atoms with Crippen LogP contribution in [0.5, 0.6) is 0 Å². The van der Waals surface area contributed by atoms with Crippen LogP contribution in [0.1, 0.15) is 36.8 Å². The van der Waals surface area contributed by atoms with E-state index in [2.05, 4.69) is 48.0 Å². The molecule has 6 rings (SSSR count). The molecule has 2 aromatic heterocycles. The monoisotopic (exact) mass is 530 g/mol. The Labute approximate surface area is 212 Å². The number of aromatic nitrogens is 2. The van der Waals surface area contributed by atoms with Crippen molar-refractivity contribution in [2.24, 2.45) is 0 Å². The van der Waals surface area contributed by atoms with Crippen LogP contribution in [0.3, 0.4) is 0 Å². The lowest BCUT2D eigenvalue weighted by Gasteiger charge is -2.26. The van der Waals surface area contributed by atoms with Crippen LogP contribution in [0.25, 0.3) is 33.0 Å². The van der Waals surface area contributed by atoms with E-state index in [9.17, 15) is 9.59 Å².